The Hall–Kier alpha value is -3.10. The van der Waals surface area contributed by atoms with Gasteiger partial charge in [-0.15, -0.1) is 0 Å². The number of hydrogen-bond donors (Lipinski definition) is 1. The lowest BCUT2D eigenvalue weighted by Crippen LogP contribution is -2.26. The van der Waals surface area contributed by atoms with Crippen molar-refractivity contribution in [2.45, 2.75) is 12.5 Å². The molecule has 2 aromatic carbocycles. The summed E-state index contributed by atoms with van der Waals surface area (Å²) in [5.74, 6) is -0.256. The fourth-order valence-electron chi connectivity index (χ4n) is 3.38. The highest BCUT2D eigenvalue weighted by molar-refractivity contribution is 7.92. The normalized spacial score (nSPS) is 16.4. The van der Waals surface area contributed by atoms with Crippen molar-refractivity contribution in [1.82, 2.24) is 5.01 Å². The van der Waals surface area contributed by atoms with Gasteiger partial charge in [-0.1, -0.05) is 48.0 Å². The number of anilines is 1. The maximum atomic E-state index is 13.1. The van der Waals surface area contributed by atoms with E-state index in [4.69, 9.17) is 16.0 Å². The van der Waals surface area contributed by atoms with Crippen molar-refractivity contribution in [2.24, 2.45) is 5.10 Å². The zero-order valence-corrected chi connectivity index (χ0v) is 17.5. The van der Waals surface area contributed by atoms with Gasteiger partial charge in [0.2, 0.25) is 10.0 Å². The largest absolute Gasteiger partial charge is 0.459 e. The zero-order chi connectivity index (χ0) is 21.3. The summed E-state index contributed by atoms with van der Waals surface area (Å²) in [5.41, 5.74) is 2.29. The Labute approximate surface area is 179 Å². The van der Waals surface area contributed by atoms with Crippen molar-refractivity contribution in [2.75, 3.05) is 11.0 Å². The third-order valence-corrected chi connectivity index (χ3v) is 5.58. The number of benzene rings is 2. The predicted molar refractivity (Wildman–Crippen MR) is 115 cm³/mol. The highest BCUT2D eigenvalue weighted by atomic mass is 35.5. The number of hydrogen-bond acceptors (Lipinski definition) is 5. The van der Waals surface area contributed by atoms with Crippen molar-refractivity contribution >= 4 is 38.9 Å². The summed E-state index contributed by atoms with van der Waals surface area (Å²) in [6.45, 7) is 0. The van der Waals surface area contributed by atoms with Crippen LogP contribution in [0.25, 0.3) is 0 Å². The number of amides is 1. The first-order chi connectivity index (χ1) is 14.3. The molecule has 0 radical (unpaired) electrons. The van der Waals surface area contributed by atoms with Crippen molar-refractivity contribution in [3.8, 4) is 0 Å². The maximum absolute atomic E-state index is 13.1. The molecule has 9 heteroatoms. The minimum Gasteiger partial charge on any atom is -0.459 e. The molecule has 7 nitrogen and oxygen atoms in total. The summed E-state index contributed by atoms with van der Waals surface area (Å²) in [6.07, 6.45) is 2.86. The lowest BCUT2D eigenvalue weighted by Gasteiger charge is -2.22. The number of sulfonamides is 1. The van der Waals surface area contributed by atoms with Crippen LogP contribution in [0, 0.1) is 0 Å². The van der Waals surface area contributed by atoms with Gasteiger partial charge < -0.3 is 4.42 Å². The minimum absolute atomic E-state index is 0.152. The Bertz CT molecular complexity index is 1220. The SMILES string of the molecule is CS(=O)(=O)Nc1ccccc1C1=NN(C(=O)c2ccco2)[C@H](c2ccccc2Cl)C1. The van der Waals surface area contributed by atoms with Crippen molar-refractivity contribution in [3.05, 3.63) is 88.8 Å². The third-order valence-electron chi connectivity index (χ3n) is 4.65. The highest BCUT2D eigenvalue weighted by Crippen LogP contribution is 2.38. The highest BCUT2D eigenvalue weighted by Gasteiger charge is 2.36. The van der Waals surface area contributed by atoms with E-state index in [0.717, 1.165) is 11.8 Å². The Morgan fingerprint density at radius 1 is 1.13 bits per heavy atom. The van der Waals surface area contributed by atoms with Crippen LogP contribution >= 0.6 is 11.6 Å². The quantitative estimate of drug-likeness (QED) is 0.636. The van der Waals surface area contributed by atoms with E-state index in [1.165, 1.54) is 11.3 Å². The van der Waals surface area contributed by atoms with Crippen molar-refractivity contribution in [1.29, 1.82) is 0 Å². The molecule has 0 spiro atoms. The van der Waals surface area contributed by atoms with Crippen LogP contribution in [-0.2, 0) is 10.0 Å². The van der Waals surface area contributed by atoms with E-state index in [1.807, 2.05) is 18.2 Å². The van der Waals surface area contributed by atoms with Crippen LogP contribution in [-0.4, -0.2) is 31.3 Å². The van der Waals surface area contributed by atoms with E-state index < -0.39 is 22.0 Å². The van der Waals surface area contributed by atoms with Crippen LogP contribution in [0.4, 0.5) is 5.69 Å². The Balaban J connectivity index is 1.78. The summed E-state index contributed by atoms with van der Waals surface area (Å²) in [5, 5.41) is 6.40. The molecule has 0 unspecified atom stereocenters. The van der Waals surface area contributed by atoms with Gasteiger partial charge in [0.15, 0.2) is 5.76 Å². The fourth-order valence-corrected chi connectivity index (χ4v) is 4.22. The van der Waals surface area contributed by atoms with Gasteiger partial charge in [0.05, 0.1) is 30.0 Å². The molecule has 0 bridgehead atoms. The molecule has 30 heavy (non-hydrogen) atoms. The number of nitrogens with zero attached hydrogens (tertiary/aromatic N) is 2. The van der Waals surface area contributed by atoms with Gasteiger partial charge in [0.1, 0.15) is 0 Å². The van der Waals surface area contributed by atoms with E-state index >= 15 is 0 Å². The average Bonchev–Trinajstić information content (AvgIpc) is 3.37. The molecule has 1 N–H and O–H groups in total. The van der Waals surface area contributed by atoms with E-state index in [0.29, 0.717) is 28.4 Å². The Morgan fingerprint density at radius 3 is 2.57 bits per heavy atom. The van der Waals surface area contributed by atoms with Crippen LogP contribution in [0.2, 0.25) is 5.02 Å². The standard InChI is InChI=1S/C21H18ClN3O4S/c1-30(27,28)24-17-10-5-3-8-15(17)18-13-19(14-7-2-4-9-16(14)22)25(23-18)21(26)20-11-6-12-29-20/h2-12,19,24H,13H2,1H3/t19-/m0/s1. The number of carbonyl (C=O) groups is 1. The van der Waals surface area contributed by atoms with Crippen molar-refractivity contribution in [3.63, 3.8) is 0 Å². The van der Waals surface area contributed by atoms with Crippen LogP contribution < -0.4 is 4.72 Å². The summed E-state index contributed by atoms with van der Waals surface area (Å²) >= 11 is 6.41. The number of hydrazone groups is 1. The zero-order valence-electron chi connectivity index (χ0n) is 15.9. The molecule has 3 aromatic rings. The van der Waals surface area contributed by atoms with Gasteiger partial charge in [0, 0.05) is 17.0 Å². The molecule has 1 aliphatic rings. The second kappa shape index (κ2) is 7.97. The fraction of sp³-hybridized carbons (Fsp3) is 0.143. The monoisotopic (exact) mass is 443 g/mol. The first kappa shape index (κ1) is 20.2. The van der Waals surface area contributed by atoms with Crippen molar-refractivity contribution < 1.29 is 17.6 Å². The number of furan rings is 1. The van der Waals surface area contributed by atoms with E-state index in [2.05, 4.69) is 9.82 Å². The van der Waals surface area contributed by atoms with Crippen LogP contribution in [0.1, 0.15) is 34.1 Å². The minimum atomic E-state index is -3.49. The molecule has 0 fully saturated rings. The number of halogens is 1. The summed E-state index contributed by atoms with van der Waals surface area (Å²) in [7, 11) is -3.49. The number of carbonyl (C=O) groups excluding carboxylic acids is 1. The molecular formula is C21H18ClN3O4S. The Kier molecular flexibility index (Phi) is 5.36. The lowest BCUT2D eigenvalue weighted by molar-refractivity contribution is 0.0678. The number of nitrogens with one attached hydrogen (secondary N) is 1. The molecule has 154 valence electrons. The van der Waals surface area contributed by atoms with E-state index in [9.17, 15) is 13.2 Å². The first-order valence-electron chi connectivity index (χ1n) is 9.09. The van der Waals surface area contributed by atoms with Crippen LogP contribution in [0.5, 0.6) is 0 Å². The van der Waals surface area contributed by atoms with Gasteiger partial charge in [-0.25, -0.2) is 13.4 Å². The van der Waals surface area contributed by atoms with Gasteiger partial charge >= 0.3 is 5.91 Å². The molecular weight excluding hydrogens is 426 g/mol. The third kappa shape index (κ3) is 4.10. The second-order valence-electron chi connectivity index (χ2n) is 6.83. The molecule has 2 heterocycles. The van der Waals surface area contributed by atoms with Gasteiger partial charge in [-0.05, 0) is 29.8 Å². The molecule has 0 aliphatic carbocycles. The lowest BCUT2D eigenvalue weighted by atomic mass is 9.97. The van der Waals surface area contributed by atoms with Crippen LogP contribution in [0.15, 0.2) is 76.4 Å². The van der Waals surface area contributed by atoms with E-state index in [1.54, 1.807) is 42.5 Å². The van der Waals surface area contributed by atoms with Gasteiger partial charge in [0.25, 0.3) is 0 Å². The number of rotatable bonds is 5. The summed E-state index contributed by atoms with van der Waals surface area (Å²) in [6, 6.07) is 16.9. The summed E-state index contributed by atoms with van der Waals surface area (Å²) in [4.78, 5) is 13.1. The average molecular weight is 444 g/mol. The molecule has 1 amide bonds. The molecule has 4 rings (SSSR count). The second-order valence-corrected chi connectivity index (χ2v) is 8.99. The first-order valence-corrected chi connectivity index (χ1v) is 11.4. The van der Waals surface area contributed by atoms with E-state index in [-0.39, 0.29) is 5.76 Å². The van der Waals surface area contributed by atoms with Gasteiger partial charge in [-0.2, -0.15) is 5.10 Å². The van der Waals surface area contributed by atoms with Gasteiger partial charge in [-0.3, -0.25) is 9.52 Å². The topological polar surface area (TPSA) is 92.0 Å². The predicted octanol–water partition coefficient (Wildman–Crippen LogP) is 4.30. The summed E-state index contributed by atoms with van der Waals surface area (Å²) < 4.78 is 31.3. The smallest absolute Gasteiger partial charge is 0.310 e. The maximum Gasteiger partial charge on any atom is 0.310 e. The molecule has 1 aliphatic heterocycles. The molecule has 1 aromatic heterocycles. The molecule has 0 saturated carbocycles. The van der Waals surface area contributed by atoms with Crippen LogP contribution in [0.3, 0.4) is 0 Å². The molecule has 1 atom stereocenters. The Morgan fingerprint density at radius 2 is 1.87 bits per heavy atom. The number of para-hydroxylation sites is 1. The molecule has 0 saturated heterocycles.